The number of hydrogen-bond donors (Lipinski definition) is 2. The second-order valence-corrected chi connectivity index (χ2v) is 6.34. The van der Waals surface area contributed by atoms with E-state index in [1.165, 1.54) is 12.8 Å². The molecule has 2 N–H and O–H groups in total. The average molecular weight is 257 g/mol. The summed E-state index contributed by atoms with van der Waals surface area (Å²) in [6.07, 6.45) is 4.63. The third kappa shape index (κ3) is 3.36. The Kier molecular flexibility index (Phi) is 4.33. The molecule has 1 aliphatic carbocycles. The van der Waals surface area contributed by atoms with Crippen LogP contribution in [0.4, 0.5) is 0 Å². The van der Waals surface area contributed by atoms with Crippen LogP contribution >= 0.6 is 11.8 Å². The maximum absolute atomic E-state index is 12.1. The number of carbonyl (C=O) groups excluding carboxylic acids is 1. The van der Waals surface area contributed by atoms with Gasteiger partial charge in [-0.05, 0) is 26.0 Å². The molecule has 1 aliphatic heterocycles. The molecule has 0 aromatic rings. The molecule has 2 fully saturated rings. The van der Waals surface area contributed by atoms with E-state index in [1.807, 2.05) is 18.7 Å². The van der Waals surface area contributed by atoms with Crippen molar-refractivity contribution in [1.29, 1.82) is 0 Å². The van der Waals surface area contributed by atoms with Crippen LogP contribution in [0.3, 0.4) is 0 Å². The van der Waals surface area contributed by atoms with Gasteiger partial charge >= 0.3 is 0 Å². The minimum Gasteiger partial charge on any atom is -0.353 e. The molecule has 1 amide bonds. The lowest BCUT2D eigenvalue weighted by molar-refractivity contribution is -0.126. The Bertz CT molecular complexity index is 275. The van der Waals surface area contributed by atoms with Gasteiger partial charge in [0.05, 0.1) is 6.04 Å². The Balaban J connectivity index is 1.74. The van der Waals surface area contributed by atoms with Crippen molar-refractivity contribution < 1.29 is 4.79 Å². The fourth-order valence-corrected chi connectivity index (χ4v) is 2.95. The molecule has 4 nitrogen and oxygen atoms in total. The summed E-state index contributed by atoms with van der Waals surface area (Å²) in [5, 5.41) is 6.42. The van der Waals surface area contributed by atoms with Crippen LogP contribution in [0.5, 0.6) is 0 Å². The number of amides is 1. The molecule has 1 saturated carbocycles. The van der Waals surface area contributed by atoms with Crippen LogP contribution in [0.15, 0.2) is 0 Å². The molecule has 0 radical (unpaired) electrons. The molecule has 0 aromatic heterocycles. The van der Waals surface area contributed by atoms with Crippen molar-refractivity contribution in [3.8, 4) is 0 Å². The van der Waals surface area contributed by atoms with Crippen molar-refractivity contribution in [2.45, 2.75) is 30.6 Å². The molecule has 5 heteroatoms. The predicted molar refractivity (Wildman–Crippen MR) is 72.4 cm³/mol. The van der Waals surface area contributed by atoms with E-state index in [9.17, 15) is 4.79 Å². The van der Waals surface area contributed by atoms with Gasteiger partial charge in [-0.3, -0.25) is 9.69 Å². The number of nitrogens with one attached hydrogen (secondary N) is 2. The van der Waals surface area contributed by atoms with Gasteiger partial charge in [0.25, 0.3) is 0 Å². The summed E-state index contributed by atoms with van der Waals surface area (Å²) in [6, 6.07) is 0.00903. The van der Waals surface area contributed by atoms with Gasteiger partial charge < -0.3 is 10.6 Å². The Hall–Kier alpha value is -0.260. The lowest BCUT2D eigenvalue weighted by atomic mass is 10.2. The SMILES string of the molecule is CSC1(CNC(=O)C(C)N2CCNCC2)CC1. The van der Waals surface area contributed by atoms with E-state index in [4.69, 9.17) is 0 Å². The van der Waals surface area contributed by atoms with Crippen molar-refractivity contribution in [2.75, 3.05) is 39.0 Å². The monoisotopic (exact) mass is 257 g/mol. The minimum atomic E-state index is 0.00903. The first-order chi connectivity index (χ1) is 8.17. The molecule has 2 rings (SSSR count). The number of piperazine rings is 1. The highest BCUT2D eigenvalue weighted by Gasteiger charge is 2.42. The molecule has 0 aromatic carbocycles. The molecule has 0 bridgehead atoms. The smallest absolute Gasteiger partial charge is 0.237 e. The highest BCUT2D eigenvalue weighted by atomic mass is 32.2. The lowest BCUT2D eigenvalue weighted by Gasteiger charge is -2.32. The first-order valence-electron chi connectivity index (χ1n) is 6.44. The van der Waals surface area contributed by atoms with Crippen LogP contribution in [0, 0.1) is 0 Å². The topological polar surface area (TPSA) is 44.4 Å². The van der Waals surface area contributed by atoms with Gasteiger partial charge in [0, 0.05) is 37.5 Å². The summed E-state index contributed by atoms with van der Waals surface area (Å²) >= 11 is 1.89. The summed E-state index contributed by atoms with van der Waals surface area (Å²) in [4.78, 5) is 14.3. The Labute approximate surface area is 108 Å². The molecule has 1 unspecified atom stereocenters. The van der Waals surface area contributed by atoms with Crippen LogP contribution in [0.25, 0.3) is 0 Å². The zero-order chi connectivity index (χ0) is 12.3. The van der Waals surface area contributed by atoms with Crippen molar-refractivity contribution in [1.82, 2.24) is 15.5 Å². The summed E-state index contributed by atoms with van der Waals surface area (Å²) in [5.41, 5.74) is 0. The molecule has 98 valence electrons. The summed E-state index contributed by atoms with van der Waals surface area (Å²) in [5.74, 6) is 0.187. The van der Waals surface area contributed by atoms with Crippen LogP contribution in [0.2, 0.25) is 0 Å². The van der Waals surface area contributed by atoms with E-state index in [-0.39, 0.29) is 11.9 Å². The van der Waals surface area contributed by atoms with E-state index in [0.29, 0.717) is 4.75 Å². The number of hydrogen-bond acceptors (Lipinski definition) is 4. The second kappa shape index (κ2) is 5.59. The molecule has 1 saturated heterocycles. The van der Waals surface area contributed by atoms with Crippen LogP contribution in [0.1, 0.15) is 19.8 Å². The molecule has 1 heterocycles. The number of thioether (sulfide) groups is 1. The molecule has 1 atom stereocenters. The van der Waals surface area contributed by atoms with Gasteiger partial charge in [-0.2, -0.15) is 11.8 Å². The Morgan fingerprint density at radius 2 is 2.12 bits per heavy atom. The van der Waals surface area contributed by atoms with Gasteiger partial charge in [-0.15, -0.1) is 0 Å². The van der Waals surface area contributed by atoms with Crippen LogP contribution in [-0.2, 0) is 4.79 Å². The number of rotatable bonds is 5. The number of nitrogens with zero attached hydrogens (tertiary/aromatic N) is 1. The Morgan fingerprint density at radius 1 is 1.47 bits per heavy atom. The van der Waals surface area contributed by atoms with Crippen LogP contribution < -0.4 is 10.6 Å². The molecular formula is C12H23N3OS. The van der Waals surface area contributed by atoms with Crippen molar-refractivity contribution in [3.63, 3.8) is 0 Å². The van der Waals surface area contributed by atoms with Crippen LogP contribution in [-0.4, -0.2) is 60.6 Å². The van der Waals surface area contributed by atoms with Crippen molar-refractivity contribution >= 4 is 17.7 Å². The quantitative estimate of drug-likeness (QED) is 0.743. The molecule has 2 aliphatic rings. The molecule has 0 spiro atoms. The van der Waals surface area contributed by atoms with Gasteiger partial charge in [-0.25, -0.2) is 0 Å². The average Bonchev–Trinajstić information content (AvgIpc) is 3.17. The number of carbonyl (C=O) groups is 1. The standard InChI is InChI=1S/C12H23N3OS/c1-10(15-7-5-13-6-8-15)11(16)14-9-12(17-2)3-4-12/h10,13H,3-9H2,1-2H3,(H,14,16). The highest BCUT2D eigenvalue weighted by molar-refractivity contribution is 8.00. The van der Waals surface area contributed by atoms with Crippen molar-refractivity contribution in [3.05, 3.63) is 0 Å². The van der Waals surface area contributed by atoms with Crippen molar-refractivity contribution in [2.24, 2.45) is 0 Å². The summed E-state index contributed by atoms with van der Waals surface area (Å²) < 4.78 is 0.360. The fraction of sp³-hybridized carbons (Fsp3) is 0.917. The highest BCUT2D eigenvalue weighted by Crippen LogP contribution is 2.46. The fourth-order valence-electron chi connectivity index (χ4n) is 2.22. The predicted octanol–water partition coefficient (Wildman–Crippen LogP) is 0.292. The largest absolute Gasteiger partial charge is 0.353 e. The third-order valence-electron chi connectivity index (χ3n) is 3.90. The van der Waals surface area contributed by atoms with E-state index in [2.05, 4.69) is 21.8 Å². The van der Waals surface area contributed by atoms with E-state index in [0.717, 1.165) is 32.7 Å². The summed E-state index contributed by atoms with van der Waals surface area (Å²) in [7, 11) is 0. The lowest BCUT2D eigenvalue weighted by Crippen LogP contribution is -2.53. The van der Waals surface area contributed by atoms with Gasteiger partial charge in [0.2, 0.25) is 5.91 Å². The van der Waals surface area contributed by atoms with E-state index in [1.54, 1.807) is 0 Å². The van der Waals surface area contributed by atoms with E-state index >= 15 is 0 Å². The zero-order valence-electron chi connectivity index (χ0n) is 10.8. The van der Waals surface area contributed by atoms with Gasteiger partial charge in [-0.1, -0.05) is 0 Å². The third-order valence-corrected chi connectivity index (χ3v) is 5.32. The van der Waals surface area contributed by atoms with Gasteiger partial charge in [0.15, 0.2) is 0 Å². The molecular weight excluding hydrogens is 234 g/mol. The Morgan fingerprint density at radius 3 is 2.65 bits per heavy atom. The van der Waals surface area contributed by atoms with Gasteiger partial charge in [0.1, 0.15) is 0 Å². The maximum atomic E-state index is 12.1. The maximum Gasteiger partial charge on any atom is 0.237 e. The van der Waals surface area contributed by atoms with E-state index < -0.39 is 0 Å². The first-order valence-corrected chi connectivity index (χ1v) is 7.67. The summed E-state index contributed by atoms with van der Waals surface area (Å²) in [6.45, 7) is 6.78. The normalized spacial score (nSPS) is 25.3. The minimum absolute atomic E-state index is 0.00903. The second-order valence-electron chi connectivity index (χ2n) is 5.07. The molecule has 17 heavy (non-hydrogen) atoms. The first kappa shape index (κ1) is 13.2. The zero-order valence-corrected chi connectivity index (χ0v) is 11.6.